The van der Waals surface area contributed by atoms with Crippen molar-refractivity contribution in [3.8, 4) is 0 Å². The molecule has 2 aromatic carbocycles. The number of aryl methyl sites for hydroxylation is 1. The number of anilines is 1. The van der Waals surface area contributed by atoms with Crippen molar-refractivity contribution in [1.82, 2.24) is 14.5 Å². The third-order valence-electron chi connectivity index (χ3n) is 6.21. The summed E-state index contributed by atoms with van der Waals surface area (Å²) in [6.45, 7) is 9.09. The average molecular weight is 405 g/mol. The molecule has 0 radical (unpaired) electrons. The van der Waals surface area contributed by atoms with Gasteiger partial charge in [-0.15, -0.1) is 0 Å². The average Bonchev–Trinajstić information content (AvgIpc) is 2.78. The monoisotopic (exact) mass is 404 g/mol. The molecular weight excluding hydrogens is 376 g/mol. The van der Waals surface area contributed by atoms with Gasteiger partial charge in [0.1, 0.15) is 6.04 Å². The van der Waals surface area contributed by atoms with Gasteiger partial charge in [0, 0.05) is 31.9 Å². The van der Waals surface area contributed by atoms with Crippen molar-refractivity contribution >= 4 is 22.5 Å². The molecule has 6 heteroatoms. The van der Waals surface area contributed by atoms with E-state index in [0.29, 0.717) is 30.4 Å². The lowest BCUT2D eigenvalue weighted by molar-refractivity contribution is -0.135. The van der Waals surface area contributed by atoms with Gasteiger partial charge in [-0.1, -0.05) is 31.2 Å². The standard InChI is InChI=1S/C24H28N4O2/c1-4-21(28-16-25-20-10-6-5-9-19(20)23(28)29)24(30)27-14-12-26(13-15-27)22-11-7-8-17(2)18(22)3/h5-11,16,21H,4,12-15H2,1-3H3/t21-/m0/s1. The van der Waals surface area contributed by atoms with Gasteiger partial charge in [-0.2, -0.15) is 0 Å². The van der Waals surface area contributed by atoms with E-state index in [9.17, 15) is 9.59 Å². The van der Waals surface area contributed by atoms with Crippen molar-refractivity contribution in [2.24, 2.45) is 0 Å². The Morgan fingerprint density at radius 2 is 1.77 bits per heavy atom. The number of hydrogen-bond donors (Lipinski definition) is 0. The predicted octanol–water partition coefficient (Wildman–Crippen LogP) is 3.31. The quantitative estimate of drug-likeness (QED) is 0.669. The highest BCUT2D eigenvalue weighted by Gasteiger charge is 2.29. The fourth-order valence-electron chi connectivity index (χ4n) is 4.25. The van der Waals surface area contributed by atoms with Crippen molar-refractivity contribution in [1.29, 1.82) is 0 Å². The van der Waals surface area contributed by atoms with Crippen molar-refractivity contribution in [2.75, 3.05) is 31.1 Å². The molecule has 0 unspecified atom stereocenters. The van der Waals surface area contributed by atoms with Gasteiger partial charge in [-0.05, 0) is 49.6 Å². The maximum atomic E-state index is 13.3. The summed E-state index contributed by atoms with van der Waals surface area (Å²) < 4.78 is 1.50. The number of hydrogen-bond acceptors (Lipinski definition) is 4. The molecule has 1 aliphatic heterocycles. The summed E-state index contributed by atoms with van der Waals surface area (Å²) in [6.07, 6.45) is 2.07. The molecule has 1 amide bonds. The fourth-order valence-corrected chi connectivity index (χ4v) is 4.25. The van der Waals surface area contributed by atoms with Crippen LogP contribution in [-0.2, 0) is 4.79 Å². The van der Waals surface area contributed by atoms with Gasteiger partial charge in [0.2, 0.25) is 5.91 Å². The number of amides is 1. The van der Waals surface area contributed by atoms with Crippen LogP contribution < -0.4 is 10.5 Å². The summed E-state index contributed by atoms with van der Waals surface area (Å²) >= 11 is 0. The van der Waals surface area contributed by atoms with E-state index in [1.807, 2.05) is 30.0 Å². The number of fused-ring (bicyclic) bond motifs is 1. The minimum absolute atomic E-state index is 0.00250. The predicted molar refractivity (Wildman–Crippen MR) is 120 cm³/mol. The first-order valence-corrected chi connectivity index (χ1v) is 10.6. The number of aromatic nitrogens is 2. The highest BCUT2D eigenvalue weighted by molar-refractivity contribution is 5.82. The number of carbonyl (C=O) groups is 1. The van der Waals surface area contributed by atoms with Crippen molar-refractivity contribution in [2.45, 2.75) is 33.2 Å². The van der Waals surface area contributed by atoms with Crippen LogP contribution in [0.1, 0.15) is 30.5 Å². The third-order valence-corrected chi connectivity index (χ3v) is 6.21. The second-order valence-corrected chi connectivity index (χ2v) is 7.93. The summed E-state index contributed by atoms with van der Waals surface area (Å²) in [5.74, 6) is -0.00250. The Kier molecular flexibility index (Phi) is 5.57. The van der Waals surface area contributed by atoms with Gasteiger partial charge in [0.25, 0.3) is 5.56 Å². The van der Waals surface area contributed by atoms with E-state index in [1.165, 1.54) is 27.7 Å². The van der Waals surface area contributed by atoms with E-state index in [-0.39, 0.29) is 11.5 Å². The summed E-state index contributed by atoms with van der Waals surface area (Å²) in [6, 6.07) is 13.1. The molecule has 0 spiro atoms. The molecule has 30 heavy (non-hydrogen) atoms. The minimum Gasteiger partial charge on any atom is -0.368 e. The number of piperazine rings is 1. The number of nitrogens with zero attached hydrogens (tertiary/aromatic N) is 4. The van der Waals surface area contributed by atoms with Gasteiger partial charge in [-0.3, -0.25) is 14.2 Å². The Hall–Kier alpha value is -3.15. The Balaban J connectivity index is 1.52. The van der Waals surface area contributed by atoms with Crippen molar-refractivity contribution in [3.63, 3.8) is 0 Å². The van der Waals surface area contributed by atoms with Gasteiger partial charge < -0.3 is 9.80 Å². The maximum Gasteiger partial charge on any atom is 0.261 e. The van der Waals surface area contributed by atoms with Crippen LogP contribution in [0, 0.1) is 13.8 Å². The molecule has 1 aromatic heterocycles. The first-order valence-electron chi connectivity index (χ1n) is 10.6. The van der Waals surface area contributed by atoms with Crippen LogP contribution in [0.5, 0.6) is 0 Å². The molecule has 0 N–H and O–H groups in total. The van der Waals surface area contributed by atoms with Gasteiger partial charge >= 0.3 is 0 Å². The summed E-state index contributed by atoms with van der Waals surface area (Å²) in [4.78, 5) is 34.9. The summed E-state index contributed by atoms with van der Waals surface area (Å²) in [5.41, 5.74) is 4.31. The second-order valence-electron chi connectivity index (χ2n) is 7.93. The molecule has 4 rings (SSSR count). The zero-order valence-corrected chi connectivity index (χ0v) is 17.8. The molecule has 1 aliphatic rings. The van der Waals surface area contributed by atoms with Crippen LogP contribution in [0.2, 0.25) is 0 Å². The SMILES string of the molecule is CC[C@@H](C(=O)N1CCN(c2cccc(C)c2C)CC1)n1cnc2ccccc2c1=O. The van der Waals surface area contributed by atoms with E-state index in [4.69, 9.17) is 0 Å². The Labute approximate surface area is 176 Å². The number of rotatable bonds is 4. The molecule has 1 atom stereocenters. The molecule has 0 aliphatic carbocycles. The normalized spacial score (nSPS) is 15.4. The lowest BCUT2D eigenvalue weighted by Crippen LogP contribution is -2.51. The fraction of sp³-hybridized carbons (Fsp3) is 0.375. The molecule has 2 heterocycles. The minimum atomic E-state index is -0.526. The first-order chi connectivity index (χ1) is 14.5. The van der Waals surface area contributed by atoms with E-state index in [0.717, 1.165) is 13.1 Å². The largest absolute Gasteiger partial charge is 0.368 e. The Morgan fingerprint density at radius 1 is 1.03 bits per heavy atom. The Morgan fingerprint density at radius 3 is 2.50 bits per heavy atom. The first kappa shape index (κ1) is 20.1. The van der Waals surface area contributed by atoms with Crippen molar-refractivity contribution in [3.05, 3.63) is 70.3 Å². The smallest absolute Gasteiger partial charge is 0.261 e. The van der Waals surface area contributed by atoms with Crippen LogP contribution in [0.15, 0.2) is 53.6 Å². The lowest BCUT2D eigenvalue weighted by Gasteiger charge is -2.38. The molecule has 3 aromatic rings. The van der Waals surface area contributed by atoms with Crippen LogP contribution in [0.25, 0.3) is 10.9 Å². The second kappa shape index (κ2) is 8.30. The Bertz CT molecular complexity index is 1130. The molecule has 1 saturated heterocycles. The van der Waals surface area contributed by atoms with Crippen LogP contribution in [0.3, 0.4) is 0 Å². The lowest BCUT2D eigenvalue weighted by atomic mass is 10.1. The number of carbonyl (C=O) groups excluding carboxylic acids is 1. The molecule has 1 fully saturated rings. The van der Waals surface area contributed by atoms with Crippen LogP contribution in [0.4, 0.5) is 5.69 Å². The number of benzene rings is 2. The molecule has 156 valence electrons. The van der Waals surface area contributed by atoms with E-state index in [2.05, 4.69) is 41.9 Å². The highest BCUT2D eigenvalue weighted by Crippen LogP contribution is 2.25. The third kappa shape index (κ3) is 3.58. The molecule has 0 bridgehead atoms. The molecule has 0 saturated carbocycles. The topological polar surface area (TPSA) is 58.4 Å². The summed E-state index contributed by atoms with van der Waals surface area (Å²) in [7, 11) is 0. The van der Waals surface area contributed by atoms with Gasteiger partial charge in [-0.25, -0.2) is 4.98 Å². The maximum absolute atomic E-state index is 13.3. The molecular formula is C24H28N4O2. The van der Waals surface area contributed by atoms with E-state index in [1.54, 1.807) is 6.07 Å². The van der Waals surface area contributed by atoms with Crippen molar-refractivity contribution < 1.29 is 4.79 Å². The highest BCUT2D eigenvalue weighted by atomic mass is 16.2. The van der Waals surface area contributed by atoms with Crippen LogP contribution in [-0.4, -0.2) is 46.5 Å². The zero-order valence-electron chi connectivity index (χ0n) is 17.8. The molecule has 6 nitrogen and oxygen atoms in total. The van der Waals surface area contributed by atoms with E-state index >= 15 is 0 Å². The van der Waals surface area contributed by atoms with Gasteiger partial charge in [0.15, 0.2) is 0 Å². The summed E-state index contributed by atoms with van der Waals surface area (Å²) in [5, 5.41) is 0.547. The van der Waals surface area contributed by atoms with Crippen LogP contribution >= 0.6 is 0 Å². The van der Waals surface area contributed by atoms with E-state index < -0.39 is 6.04 Å². The van der Waals surface area contributed by atoms with Gasteiger partial charge in [0.05, 0.1) is 17.2 Å². The number of para-hydroxylation sites is 1. The zero-order chi connectivity index (χ0) is 21.3.